The first-order valence-corrected chi connectivity index (χ1v) is 9.49. The number of rotatable bonds is 3. The van der Waals surface area contributed by atoms with Crippen molar-refractivity contribution in [2.45, 2.75) is 37.1 Å². The molecule has 0 radical (unpaired) electrons. The third kappa shape index (κ3) is 3.11. The van der Waals surface area contributed by atoms with Crippen LogP contribution in [0.5, 0.6) is 0 Å². The predicted octanol–water partition coefficient (Wildman–Crippen LogP) is 3.06. The Morgan fingerprint density at radius 3 is 2.65 bits per heavy atom. The molecule has 112 valence electrons. The Balaban J connectivity index is 2.46. The first kappa shape index (κ1) is 16.4. The van der Waals surface area contributed by atoms with Crippen LogP contribution in [0.1, 0.15) is 24.8 Å². The lowest BCUT2D eigenvalue weighted by molar-refractivity contribution is 0.155. The van der Waals surface area contributed by atoms with Gasteiger partial charge in [0.25, 0.3) is 0 Å². The average Bonchev–Trinajstić information content (AvgIpc) is 2.42. The highest BCUT2D eigenvalue weighted by Crippen LogP contribution is 2.33. The zero-order chi connectivity index (χ0) is 14.9. The van der Waals surface area contributed by atoms with Crippen molar-refractivity contribution in [3.8, 4) is 0 Å². The van der Waals surface area contributed by atoms with Crippen LogP contribution in [-0.4, -0.2) is 37.0 Å². The highest BCUT2D eigenvalue weighted by molar-refractivity contribution is 9.11. The van der Waals surface area contributed by atoms with Gasteiger partial charge in [0.2, 0.25) is 10.0 Å². The molecule has 0 saturated carbocycles. The second kappa shape index (κ2) is 6.44. The lowest BCUT2D eigenvalue weighted by Crippen LogP contribution is -2.45. The second-order valence-electron chi connectivity index (χ2n) is 4.98. The SMILES string of the molecule is Cc1cc(Br)c(S(=O)(=O)N2CCCCC2CO)cc1Br. The molecule has 0 aliphatic carbocycles. The van der Waals surface area contributed by atoms with Gasteiger partial charge in [-0.15, -0.1) is 0 Å². The van der Waals surface area contributed by atoms with E-state index in [1.807, 2.05) is 6.92 Å². The molecule has 2 rings (SSSR count). The summed E-state index contributed by atoms with van der Waals surface area (Å²) in [7, 11) is -3.60. The molecular formula is C13H17Br2NO3S. The number of benzene rings is 1. The van der Waals surface area contributed by atoms with Gasteiger partial charge in [-0.1, -0.05) is 22.4 Å². The molecule has 1 atom stereocenters. The fourth-order valence-corrected chi connectivity index (χ4v) is 5.75. The molecule has 0 spiro atoms. The van der Waals surface area contributed by atoms with Gasteiger partial charge >= 0.3 is 0 Å². The minimum absolute atomic E-state index is 0.135. The van der Waals surface area contributed by atoms with Crippen LogP contribution in [0.15, 0.2) is 26.0 Å². The van der Waals surface area contributed by atoms with Crippen molar-refractivity contribution in [3.63, 3.8) is 0 Å². The minimum Gasteiger partial charge on any atom is -0.395 e. The van der Waals surface area contributed by atoms with Gasteiger partial charge in [-0.2, -0.15) is 4.31 Å². The van der Waals surface area contributed by atoms with E-state index in [1.165, 1.54) is 4.31 Å². The van der Waals surface area contributed by atoms with Gasteiger partial charge in [0, 0.05) is 21.5 Å². The average molecular weight is 427 g/mol. The smallest absolute Gasteiger partial charge is 0.244 e. The van der Waals surface area contributed by atoms with Crippen molar-refractivity contribution in [1.29, 1.82) is 0 Å². The van der Waals surface area contributed by atoms with Crippen molar-refractivity contribution in [1.82, 2.24) is 4.31 Å². The van der Waals surface area contributed by atoms with Gasteiger partial charge in [0.1, 0.15) is 0 Å². The molecule has 1 heterocycles. The van der Waals surface area contributed by atoms with Crippen molar-refractivity contribution < 1.29 is 13.5 Å². The minimum atomic E-state index is -3.60. The zero-order valence-electron chi connectivity index (χ0n) is 11.1. The van der Waals surface area contributed by atoms with E-state index in [1.54, 1.807) is 12.1 Å². The summed E-state index contributed by atoms with van der Waals surface area (Å²) in [5.74, 6) is 0. The van der Waals surface area contributed by atoms with Crippen LogP contribution >= 0.6 is 31.9 Å². The van der Waals surface area contributed by atoms with Gasteiger partial charge in [-0.25, -0.2) is 8.42 Å². The number of aryl methyl sites for hydroxylation is 1. The van der Waals surface area contributed by atoms with Crippen LogP contribution in [0.2, 0.25) is 0 Å². The first-order chi connectivity index (χ1) is 9.37. The van der Waals surface area contributed by atoms with Gasteiger partial charge in [0.15, 0.2) is 0 Å². The molecule has 1 aliphatic rings. The van der Waals surface area contributed by atoms with Gasteiger partial charge in [-0.3, -0.25) is 0 Å². The van der Waals surface area contributed by atoms with E-state index in [9.17, 15) is 13.5 Å². The summed E-state index contributed by atoms with van der Waals surface area (Å²) >= 11 is 6.71. The maximum atomic E-state index is 12.8. The van der Waals surface area contributed by atoms with Crippen LogP contribution in [0.25, 0.3) is 0 Å². The second-order valence-corrected chi connectivity index (χ2v) is 8.55. The van der Waals surface area contributed by atoms with E-state index in [0.29, 0.717) is 17.4 Å². The molecule has 7 heteroatoms. The Morgan fingerprint density at radius 1 is 1.30 bits per heavy atom. The van der Waals surface area contributed by atoms with E-state index < -0.39 is 10.0 Å². The Hall–Kier alpha value is 0.0500. The summed E-state index contributed by atoms with van der Waals surface area (Å²) in [6, 6.07) is 3.09. The van der Waals surface area contributed by atoms with E-state index in [2.05, 4.69) is 31.9 Å². The number of sulfonamides is 1. The van der Waals surface area contributed by atoms with Crippen LogP contribution in [-0.2, 0) is 10.0 Å². The molecule has 0 bridgehead atoms. The third-order valence-corrected chi connectivity index (χ3v) is 7.35. The number of halogens is 2. The molecule has 1 N–H and O–H groups in total. The lowest BCUT2D eigenvalue weighted by atomic mass is 10.1. The normalized spacial score (nSPS) is 21.1. The summed E-state index contributed by atoms with van der Waals surface area (Å²) < 4.78 is 28.4. The Morgan fingerprint density at radius 2 is 2.00 bits per heavy atom. The van der Waals surface area contributed by atoms with Crippen LogP contribution < -0.4 is 0 Å². The summed E-state index contributed by atoms with van der Waals surface area (Å²) in [6.07, 6.45) is 2.50. The largest absolute Gasteiger partial charge is 0.395 e. The van der Waals surface area contributed by atoms with Crippen molar-refractivity contribution >= 4 is 41.9 Å². The molecule has 0 amide bonds. The zero-order valence-corrected chi connectivity index (χ0v) is 15.1. The van der Waals surface area contributed by atoms with E-state index >= 15 is 0 Å². The fourth-order valence-electron chi connectivity index (χ4n) is 2.42. The number of piperidine rings is 1. The van der Waals surface area contributed by atoms with Crippen molar-refractivity contribution in [3.05, 3.63) is 26.6 Å². The maximum absolute atomic E-state index is 12.8. The highest BCUT2D eigenvalue weighted by Gasteiger charge is 2.34. The maximum Gasteiger partial charge on any atom is 0.244 e. The molecular weight excluding hydrogens is 410 g/mol. The number of hydrogen-bond acceptors (Lipinski definition) is 3. The number of nitrogens with zero attached hydrogens (tertiary/aromatic N) is 1. The highest BCUT2D eigenvalue weighted by atomic mass is 79.9. The number of aliphatic hydroxyl groups is 1. The van der Waals surface area contributed by atoms with Crippen LogP contribution in [0, 0.1) is 6.92 Å². The van der Waals surface area contributed by atoms with Crippen molar-refractivity contribution in [2.24, 2.45) is 0 Å². The third-order valence-electron chi connectivity index (χ3n) is 3.58. The topological polar surface area (TPSA) is 57.6 Å². The molecule has 1 fully saturated rings. The molecule has 1 aromatic rings. The Labute approximate surface area is 136 Å². The van der Waals surface area contributed by atoms with Gasteiger partial charge < -0.3 is 5.11 Å². The van der Waals surface area contributed by atoms with Crippen LogP contribution in [0.4, 0.5) is 0 Å². The van der Waals surface area contributed by atoms with Crippen LogP contribution in [0.3, 0.4) is 0 Å². The molecule has 1 aromatic carbocycles. The molecule has 4 nitrogen and oxygen atoms in total. The standard InChI is InChI=1S/C13H17Br2NO3S/c1-9-6-12(15)13(7-11(9)14)20(18,19)16-5-3-2-4-10(16)8-17/h6-7,10,17H,2-5,8H2,1H3. The summed E-state index contributed by atoms with van der Waals surface area (Å²) in [4.78, 5) is 0.246. The number of hydrogen-bond donors (Lipinski definition) is 1. The molecule has 20 heavy (non-hydrogen) atoms. The summed E-state index contributed by atoms with van der Waals surface area (Å²) in [6.45, 7) is 2.23. The predicted molar refractivity (Wildman–Crippen MR) is 85.2 cm³/mol. The monoisotopic (exact) mass is 425 g/mol. The van der Waals surface area contributed by atoms with E-state index in [-0.39, 0.29) is 17.5 Å². The van der Waals surface area contributed by atoms with Gasteiger partial charge in [-0.05, 0) is 53.4 Å². The van der Waals surface area contributed by atoms with E-state index in [0.717, 1.165) is 22.9 Å². The molecule has 1 unspecified atom stereocenters. The fraction of sp³-hybridized carbons (Fsp3) is 0.538. The summed E-state index contributed by atoms with van der Waals surface area (Å²) in [5.41, 5.74) is 0.966. The Kier molecular flexibility index (Phi) is 5.29. The first-order valence-electron chi connectivity index (χ1n) is 6.46. The lowest BCUT2D eigenvalue weighted by Gasteiger charge is -2.33. The quantitative estimate of drug-likeness (QED) is 0.807. The molecule has 1 aliphatic heterocycles. The molecule has 1 saturated heterocycles. The van der Waals surface area contributed by atoms with Gasteiger partial charge in [0.05, 0.1) is 11.5 Å². The van der Waals surface area contributed by atoms with E-state index in [4.69, 9.17) is 0 Å². The number of aliphatic hydroxyl groups excluding tert-OH is 1. The summed E-state index contributed by atoms with van der Waals surface area (Å²) in [5, 5.41) is 9.41. The Bertz CT molecular complexity index is 604. The molecule has 0 aromatic heterocycles. The van der Waals surface area contributed by atoms with Crippen molar-refractivity contribution in [2.75, 3.05) is 13.2 Å².